The number of carbonyl (C=O) groups excluding carboxylic acids is 2. The molecule has 8 heteroatoms. The van der Waals surface area contributed by atoms with E-state index < -0.39 is 0 Å². The standard InChI is InChI=1S/C21H18BrN5O2/c22-16-8-6-15(7-9-16)14-26-19(12-13-23-26)24-21(29)18-10-11-20(28)27(25-18)17-4-2-1-3-5-17/h1-9,12-13H,10-11,14H2,(H,24,29). The number of hydrazone groups is 1. The first kappa shape index (κ1) is 19.1. The van der Waals surface area contributed by atoms with Crippen molar-refractivity contribution in [3.05, 3.63) is 76.9 Å². The predicted molar refractivity (Wildman–Crippen MR) is 115 cm³/mol. The van der Waals surface area contributed by atoms with Gasteiger partial charge in [0.25, 0.3) is 5.91 Å². The molecule has 4 rings (SSSR count). The predicted octanol–water partition coefficient (Wildman–Crippen LogP) is 3.82. The Balaban J connectivity index is 1.50. The minimum atomic E-state index is -0.337. The molecule has 3 aromatic rings. The van der Waals surface area contributed by atoms with Gasteiger partial charge in [-0.1, -0.05) is 46.3 Å². The summed E-state index contributed by atoms with van der Waals surface area (Å²) in [6, 6.07) is 18.7. The molecule has 1 aliphatic rings. The molecule has 2 aromatic carbocycles. The second kappa shape index (κ2) is 8.40. The second-order valence-corrected chi connectivity index (χ2v) is 7.46. The highest BCUT2D eigenvalue weighted by Crippen LogP contribution is 2.20. The maximum Gasteiger partial charge on any atom is 0.273 e. The van der Waals surface area contributed by atoms with Crippen LogP contribution in [0, 0.1) is 0 Å². The minimum Gasteiger partial charge on any atom is -0.306 e. The van der Waals surface area contributed by atoms with Crippen molar-refractivity contribution in [1.29, 1.82) is 0 Å². The van der Waals surface area contributed by atoms with Crippen molar-refractivity contribution < 1.29 is 9.59 Å². The third kappa shape index (κ3) is 4.43. The molecule has 0 atom stereocenters. The molecule has 0 bridgehead atoms. The molecule has 1 N–H and O–H groups in total. The number of hydrogen-bond acceptors (Lipinski definition) is 4. The van der Waals surface area contributed by atoms with Gasteiger partial charge in [0, 0.05) is 23.4 Å². The van der Waals surface area contributed by atoms with Gasteiger partial charge in [-0.15, -0.1) is 0 Å². The number of amides is 2. The number of benzene rings is 2. The van der Waals surface area contributed by atoms with Crippen LogP contribution in [-0.4, -0.2) is 27.3 Å². The Bertz CT molecular complexity index is 1060. The average molecular weight is 452 g/mol. The summed E-state index contributed by atoms with van der Waals surface area (Å²) in [6.45, 7) is 0.525. The van der Waals surface area contributed by atoms with Crippen molar-refractivity contribution in [3.63, 3.8) is 0 Å². The second-order valence-electron chi connectivity index (χ2n) is 6.54. The maximum atomic E-state index is 12.8. The van der Waals surface area contributed by atoms with Crippen molar-refractivity contribution in [2.75, 3.05) is 10.3 Å². The van der Waals surface area contributed by atoms with E-state index in [1.807, 2.05) is 42.5 Å². The van der Waals surface area contributed by atoms with Gasteiger partial charge < -0.3 is 5.32 Å². The highest BCUT2D eigenvalue weighted by molar-refractivity contribution is 9.10. The summed E-state index contributed by atoms with van der Waals surface area (Å²) >= 11 is 3.42. The molecule has 7 nitrogen and oxygen atoms in total. The van der Waals surface area contributed by atoms with E-state index in [2.05, 4.69) is 31.4 Å². The fourth-order valence-electron chi connectivity index (χ4n) is 3.00. The van der Waals surface area contributed by atoms with Crippen LogP contribution in [-0.2, 0) is 16.1 Å². The molecule has 0 radical (unpaired) electrons. The molecule has 0 fully saturated rings. The molecular weight excluding hydrogens is 434 g/mol. The highest BCUT2D eigenvalue weighted by atomic mass is 79.9. The van der Waals surface area contributed by atoms with Crippen molar-refractivity contribution in [3.8, 4) is 0 Å². The van der Waals surface area contributed by atoms with Gasteiger partial charge in [-0.05, 0) is 29.8 Å². The van der Waals surface area contributed by atoms with Crippen molar-refractivity contribution in [2.24, 2.45) is 5.10 Å². The first-order valence-electron chi connectivity index (χ1n) is 9.13. The summed E-state index contributed by atoms with van der Waals surface area (Å²) in [5.74, 6) is 0.104. The normalized spacial score (nSPS) is 13.9. The number of para-hydroxylation sites is 1. The Labute approximate surface area is 176 Å². The number of hydrogen-bond donors (Lipinski definition) is 1. The molecule has 29 heavy (non-hydrogen) atoms. The number of nitrogens with one attached hydrogen (secondary N) is 1. The van der Waals surface area contributed by atoms with Gasteiger partial charge in [0.1, 0.15) is 11.5 Å². The van der Waals surface area contributed by atoms with Gasteiger partial charge >= 0.3 is 0 Å². The first-order valence-corrected chi connectivity index (χ1v) is 9.92. The number of anilines is 2. The van der Waals surface area contributed by atoms with Gasteiger partial charge in [0.2, 0.25) is 5.91 Å². The molecule has 0 aliphatic carbocycles. The van der Waals surface area contributed by atoms with E-state index >= 15 is 0 Å². The van der Waals surface area contributed by atoms with Gasteiger partial charge in [0.05, 0.1) is 18.4 Å². The molecule has 0 unspecified atom stereocenters. The Hall–Kier alpha value is -3.26. The number of carbonyl (C=O) groups is 2. The molecule has 0 saturated heterocycles. The van der Waals surface area contributed by atoms with Crippen molar-refractivity contribution in [1.82, 2.24) is 9.78 Å². The molecule has 1 aromatic heterocycles. The lowest BCUT2D eigenvalue weighted by atomic mass is 10.1. The number of aromatic nitrogens is 2. The summed E-state index contributed by atoms with van der Waals surface area (Å²) in [7, 11) is 0. The van der Waals surface area contributed by atoms with Crippen molar-refractivity contribution in [2.45, 2.75) is 19.4 Å². The van der Waals surface area contributed by atoms with Gasteiger partial charge in [-0.3, -0.25) is 9.59 Å². The van der Waals surface area contributed by atoms with E-state index in [0.717, 1.165) is 10.0 Å². The van der Waals surface area contributed by atoms with Crippen LogP contribution in [0.5, 0.6) is 0 Å². The van der Waals surface area contributed by atoms with Crippen LogP contribution in [0.3, 0.4) is 0 Å². The zero-order valence-electron chi connectivity index (χ0n) is 15.5. The third-order valence-corrected chi connectivity index (χ3v) is 5.03. The van der Waals surface area contributed by atoms with E-state index in [9.17, 15) is 9.59 Å². The van der Waals surface area contributed by atoms with Crippen LogP contribution in [0.4, 0.5) is 11.5 Å². The summed E-state index contributed by atoms with van der Waals surface area (Å²) in [6.07, 6.45) is 2.17. The summed E-state index contributed by atoms with van der Waals surface area (Å²) in [4.78, 5) is 25.0. The molecule has 2 heterocycles. The maximum absolute atomic E-state index is 12.8. The van der Waals surface area contributed by atoms with E-state index in [-0.39, 0.29) is 18.2 Å². The van der Waals surface area contributed by atoms with Crippen LogP contribution >= 0.6 is 15.9 Å². The van der Waals surface area contributed by atoms with Gasteiger partial charge in [-0.2, -0.15) is 10.2 Å². The summed E-state index contributed by atoms with van der Waals surface area (Å²) in [5.41, 5.74) is 2.01. The molecular formula is C21H18BrN5O2. The Morgan fingerprint density at radius 2 is 1.79 bits per heavy atom. The highest BCUT2D eigenvalue weighted by Gasteiger charge is 2.26. The van der Waals surface area contributed by atoms with E-state index in [0.29, 0.717) is 30.2 Å². The molecule has 1 aliphatic heterocycles. The Morgan fingerprint density at radius 1 is 1.03 bits per heavy atom. The van der Waals surface area contributed by atoms with E-state index in [4.69, 9.17) is 0 Å². The molecule has 0 spiro atoms. The SMILES string of the molecule is O=C(Nc1ccnn1Cc1ccc(Br)cc1)C1=NN(c2ccccc2)C(=O)CC1. The zero-order chi connectivity index (χ0) is 20.2. The monoisotopic (exact) mass is 451 g/mol. The lowest BCUT2D eigenvalue weighted by Gasteiger charge is -2.23. The lowest BCUT2D eigenvalue weighted by molar-refractivity contribution is -0.118. The first-order chi connectivity index (χ1) is 14.1. The van der Waals surface area contributed by atoms with E-state index in [1.54, 1.807) is 29.1 Å². The Kier molecular flexibility index (Phi) is 5.53. The average Bonchev–Trinajstić information content (AvgIpc) is 3.17. The smallest absolute Gasteiger partial charge is 0.273 e. The number of rotatable bonds is 5. The zero-order valence-corrected chi connectivity index (χ0v) is 17.0. The summed E-state index contributed by atoms with van der Waals surface area (Å²) in [5, 5.41) is 12.7. The molecule has 2 amide bonds. The number of halogens is 1. The van der Waals surface area contributed by atoms with Gasteiger partial charge in [-0.25, -0.2) is 9.69 Å². The van der Waals surface area contributed by atoms with Crippen LogP contribution in [0.1, 0.15) is 18.4 Å². The van der Waals surface area contributed by atoms with Crippen LogP contribution in [0.15, 0.2) is 76.4 Å². The largest absolute Gasteiger partial charge is 0.306 e. The topological polar surface area (TPSA) is 79.6 Å². The van der Waals surface area contributed by atoms with Crippen LogP contribution < -0.4 is 10.3 Å². The van der Waals surface area contributed by atoms with Gasteiger partial charge in [0.15, 0.2) is 0 Å². The van der Waals surface area contributed by atoms with Crippen LogP contribution in [0.2, 0.25) is 0 Å². The molecule has 0 saturated carbocycles. The fourth-order valence-corrected chi connectivity index (χ4v) is 3.27. The summed E-state index contributed by atoms with van der Waals surface area (Å²) < 4.78 is 2.72. The minimum absolute atomic E-state index is 0.131. The van der Waals surface area contributed by atoms with Crippen molar-refractivity contribution >= 4 is 45.0 Å². The quantitative estimate of drug-likeness (QED) is 0.640. The fraction of sp³-hybridized carbons (Fsp3) is 0.143. The lowest BCUT2D eigenvalue weighted by Crippen LogP contribution is -2.36. The molecule has 146 valence electrons. The number of nitrogens with zero attached hydrogens (tertiary/aromatic N) is 4. The Morgan fingerprint density at radius 3 is 2.55 bits per heavy atom. The van der Waals surface area contributed by atoms with E-state index in [1.165, 1.54) is 5.01 Å². The van der Waals surface area contributed by atoms with Crippen LogP contribution in [0.25, 0.3) is 0 Å². The third-order valence-electron chi connectivity index (χ3n) is 4.50.